The summed E-state index contributed by atoms with van der Waals surface area (Å²) in [7, 11) is 0. The summed E-state index contributed by atoms with van der Waals surface area (Å²) >= 11 is 1.44. The number of nitriles is 1. The van der Waals surface area contributed by atoms with Gasteiger partial charge in [-0.2, -0.15) is 29.8 Å². The first-order valence-electron chi connectivity index (χ1n) is 9.05. The average Bonchev–Trinajstić information content (AvgIpc) is 3.27. The molecular weight excluding hydrogens is 455 g/mol. The highest BCUT2D eigenvalue weighted by Gasteiger charge is 2.33. The molecule has 0 bridgehead atoms. The lowest BCUT2D eigenvalue weighted by Gasteiger charge is -2.19. The molecule has 174 valence electrons. The second kappa shape index (κ2) is 13.3. The van der Waals surface area contributed by atoms with Crippen molar-refractivity contribution in [2.75, 3.05) is 19.7 Å². The number of aliphatic hydroxyl groups excluding tert-OH is 1. The molecule has 0 spiro atoms. The van der Waals surface area contributed by atoms with E-state index in [1.165, 1.54) is 11.3 Å². The Morgan fingerprint density at radius 2 is 1.91 bits per heavy atom. The molecule has 0 radical (unpaired) electrons. The lowest BCUT2D eigenvalue weighted by Crippen LogP contribution is -2.22. The Bertz CT molecular complexity index is 904. The molecule has 32 heavy (non-hydrogen) atoms. The predicted octanol–water partition coefficient (Wildman–Crippen LogP) is 2.67. The van der Waals surface area contributed by atoms with E-state index in [-0.39, 0.29) is 18.1 Å². The number of alkyl halides is 3. The Hall–Kier alpha value is -3.21. The van der Waals surface area contributed by atoms with Gasteiger partial charge in [-0.1, -0.05) is 0 Å². The van der Waals surface area contributed by atoms with Gasteiger partial charge in [0.15, 0.2) is 0 Å². The number of aromatic nitrogens is 1. The number of aliphatic hydroxyl groups is 1. The molecule has 2 aromatic rings. The maximum atomic E-state index is 12.9. The van der Waals surface area contributed by atoms with E-state index in [9.17, 15) is 13.2 Å². The number of carboxylic acids is 2. The first-order chi connectivity index (χ1) is 15.1. The van der Waals surface area contributed by atoms with Gasteiger partial charge in [0.05, 0.1) is 0 Å². The molecule has 0 amide bonds. The number of halogens is 3. The summed E-state index contributed by atoms with van der Waals surface area (Å²) in [5, 5.41) is 39.5. The van der Waals surface area contributed by atoms with Crippen molar-refractivity contribution in [3.63, 3.8) is 0 Å². The van der Waals surface area contributed by atoms with Crippen LogP contribution in [0.4, 0.5) is 13.2 Å². The van der Waals surface area contributed by atoms with Crippen molar-refractivity contribution in [3.05, 3.63) is 45.8 Å². The second-order valence-electron chi connectivity index (χ2n) is 6.05. The highest BCUT2D eigenvalue weighted by molar-refractivity contribution is 7.07. The van der Waals surface area contributed by atoms with Crippen LogP contribution >= 0.6 is 11.3 Å². The van der Waals surface area contributed by atoms with Gasteiger partial charge in [0, 0.05) is 18.6 Å². The van der Waals surface area contributed by atoms with E-state index in [4.69, 9.17) is 34.9 Å². The molecule has 0 aliphatic heterocycles. The number of hydrogen-bond acceptors (Lipinski definition) is 8. The fourth-order valence-electron chi connectivity index (χ4n) is 2.22. The third-order valence-corrected chi connectivity index (χ3v) is 4.42. The minimum Gasteiger partial charge on any atom is -0.473 e. The number of rotatable bonds is 9. The molecule has 1 atom stereocenters. The molecule has 2 rings (SSSR count). The predicted molar refractivity (Wildman–Crippen MR) is 106 cm³/mol. The van der Waals surface area contributed by atoms with Crippen LogP contribution < -0.4 is 10.1 Å². The molecule has 9 nitrogen and oxygen atoms in total. The molecule has 4 N–H and O–H groups in total. The van der Waals surface area contributed by atoms with Crippen LogP contribution in [0.3, 0.4) is 0 Å². The zero-order valence-electron chi connectivity index (χ0n) is 16.5. The summed E-state index contributed by atoms with van der Waals surface area (Å²) in [6, 6.07) is 5.47. The number of nitrogens with one attached hydrogen (secondary N) is 1. The second-order valence-corrected chi connectivity index (χ2v) is 6.83. The Labute approximate surface area is 184 Å². The highest BCUT2D eigenvalue weighted by atomic mass is 32.1. The highest BCUT2D eigenvalue weighted by Crippen LogP contribution is 2.32. The maximum absolute atomic E-state index is 12.9. The van der Waals surface area contributed by atoms with Crippen LogP contribution in [0.1, 0.15) is 35.8 Å². The van der Waals surface area contributed by atoms with Crippen molar-refractivity contribution >= 4 is 23.3 Å². The van der Waals surface area contributed by atoms with Crippen molar-refractivity contribution < 1.29 is 42.8 Å². The average molecular weight is 475 g/mol. The summed E-state index contributed by atoms with van der Waals surface area (Å²) in [4.78, 5) is 21.7. The SMILES string of the molecule is N#Cc1ccc(C(F)(F)F)nc1O[C@H](CCNCCCO)c1ccsc1.O=C(O)C(=O)O. The van der Waals surface area contributed by atoms with Crippen molar-refractivity contribution in [1.82, 2.24) is 10.3 Å². The zero-order valence-corrected chi connectivity index (χ0v) is 17.3. The van der Waals surface area contributed by atoms with Gasteiger partial charge in [-0.25, -0.2) is 14.6 Å². The smallest absolute Gasteiger partial charge is 0.433 e. The molecule has 0 aliphatic rings. The van der Waals surface area contributed by atoms with Gasteiger partial charge in [0.2, 0.25) is 5.88 Å². The number of thiophene rings is 1. The Balaban J connectivity index is 0.000000751. The Morgan fingerprint density at radius 3 is 2.41 bits per heavy atom. The lowest BCUT2D eigenvalue weighted by molar-refractivity contribution is -0.159. The van der Waals surface area contributed by atoms with Crippen molar-refractivity contribution in [2.45, 2.75) is 25.1 Å². The number of ether oxygens (including phenoxy) is 1. The Morgan fingerprint density at radius 1 is 1.22 bits per heavy atom. The van der Waals surface area contributed by atoms with Crippen LogP contribution in [0.25, 0.3) is 0 Å². The molecule has 0 fully saturated rings. The molecule has 2 heterocycles. The number of carboxylic acid groups (broad SMARTS) is 2. The molecular formula is C19H20F3N3O6S. The van der Waals surface area contributed by atoms with Crippen LogP contribution in [0, 0.1) is 11.3 Å². The van der Waals surface area contributed by atoms with Crippen LogP contribution in [0.15, 0.2) is 29.0 Å². The molecule has 0 unspecified atom stereocenters. The molecule has 0 aliphatic carbocycles. The number of pyridine rings is 1. The van der Waals surface area contributed by atoms with E-state index in [1.54, 1.807) is 0 Å². The Kier molecular flexibility index (Phi) is 11.1. The fourth-order valence-corrected chi connectivity index (χ4v) is 2.92. The normalized spacial score (nSPS) is 11.6. The van der Waals surface area contributed by atoms with Gasteiger partial charge in [0.25, 0.3) is 0 Å². The molecule has 0 saturated heterocycles. The van der Waals surface area contributed by atoms with Gasteiger partial charge in [-0.05, 0) is 48.5 Å². The molecule has 0 aromatic carbocycles. The monoisotopic (exact) mass is 475 g/mol. The van der Waals surface area contributed by atoms with Gasteiger partial charge in [0.1, 0.15) is 23.4 Å². The number of nitrogens with zero attached hydrogens (tertiary/aromatic N) is 2. The van der Waals surface area contributed by atoms with Crippen molar-refractivity contribution in [3.8, 4) is 11.9 Å². The quantitative estimate of drug-likeness (QED) is 0.317. The lowest BCUT2D eigenvalue weighted by atomic mass is 10.1. The van der Waals surface area contributed by atoms with E-state index in [1.807, 2.05) is 22.9 Å². The summed E-state index contributed by atoms with van der Waals surface area (Å²) in [5.74, 6) is -3.97. The van der Waals surface area contributed by atoms with E-state index in [2.05, 4.69) is 10.3 Å². The number of carbonyl (C=O) groups is 2. The topological polar surface area (TPSA) is 153 Å². The largest absolute Gasteiger partial charge is 0.473 e. The zero-order chi connectivity index (χ0) is 24.1. The third kappa shape index (κ3) is 9.29. The van der Waals surface area contributed by atoms with Gasteiger partial charge >= 0.3 is 18.1 Å². The first-order valence-corrected chi connectivity index (χ1v) is 9.99. The van der Waals surface area contributed by atoms with Crippen molar-refractivity contribution in [2.24, 2.45) is 0 Å². The van der Waals surface area contributed by atoms with Crippen molar-refractivity contribution in [1.29, 1.82) is 5.26 Å². The summed E-state index contributed by atoms with van der Waals surface area (Å²) < 4.78 is 44.4. The van der Waals surface area contributed by atoms with E-state index in [0.29, 0.717) is 25.9 Å². The van der Waals surface area contributed by atoms with Gasteiger partial charge < -0.3 is 25.4 Å². The maximum Gasteiger partial charge on any atom is 0.433 e. The van der Waals surface area contributed by atoms with E-state index in [0.717, 1.165) is 17.7 Å². The first kappa shape index (κ1) is 26.8. The van der Waals surface area contributed by atoms with Crippen LogP contribution in [0.5, 0.6) is 5.88 Å². The number of hydrogen-bond donors (Lipinski definition) is 4. The van der Waals surface area contributed by atoms with E-state index < -0.39 is 29.9 Å². The minimum absolute atomic E-state index is 0.0496. The molecule has 13 heteroatoms. The minimum atomic E-state index is -4.62. The van der Waals surface area contributed by atoms with Gasteiger partial charge in [-0.15, -0.1) is 0 Å². The molecule has 2 aromatic heterocycles. The van der Waals surface area contributed by atoms with Crippen LogP contribution in [-0.2, 0) is 15.8 Å². The number of aliphatic carboxylic acids is 2. The van der Waals surface area contributed by atoms with Crippen LogP contribution in [-0.4, -0.2) is 51.9 Å². The molecule has 0 saturated carbocycles. The summed E-state index contributed by atoms with van der Waals surface area (Å²) in [6.07, 6.45) is -4.07. The van der Waals surface area contributed by atoms with E-state index >= 15 is 0 Å². The standard InChI is InChI=1S/C17H18F3N3O2S.C2H2O4/c18-17(19,20)15-3-2-12(10-21)16(23-15)25-14(13-5-9-26-11-13)4-7-22-6-1-8-24;3-1(4)2(5)6/h2-3,5,9,11,14,22,24H,1,4,6-8H2;(H,3,4)(H,5,6)/t14-;/m1./s1. The third-order valence-electron chi connectivity index (χ3n) is 3.72. The van der Waals surface area contributed by atoms with Crippen LogP contribution in [0.2, 0.25) is 0 Å². The van der Waals surface area contributed by atoms with Gasteiger partial charge in [-0.3, -0.25) is 0 Å². The summed E-state index contributed by atoms with van der Waals surface area (Å²) in [6.45, 7) is 1.25. The summed E-state index contributed by atoms with van der Waals surface area (Å²) in [5.41, 5.74) is -0.342. The fraction of sp³-hybridized carbons (Fsp3) is 0.368.